The Labute approximate surface area is 225 Å². The Bertz CT molecular complexity index is 1390. The maximum Gasteiger partial charge on any atom is 0.349 e. The monoisotopic (exact) mass is 600 g/mol. The first kappa shape index (κ1) is 30.0. The largest absolute Gasteiger partial charge is 0.483 e. The van der Waals surface area contributed by atoms with Crippen molar-refractivity contribution < 1.29 is 36.2 Å². The molecule has 1 heterocycles. The molecule has 1 aliphatic rings. The molecule has 1 aromatic heterocycles. The van der Waals surface area contributed by atoms with Crippen LogP contribution in [0, 0.1) is 5.92 Å². The van der Waals surface area contributed by atoms with Crippen molar-refractivity contribution in [2.75, 3.05) is 20.0 Å². The zero-order chi connectivity index (χ0) is 28.4. The van der Waals surface area contributed by atoms with Crippen LogP contribution >= 0.6 is 23.2 Å². The van der Waals surface area contributed by atoms with E-state index < -0.39 is 63.4 Å². The van der Waals surface area contributed by atoms with Crippen LogP contribution in [0.5, 0.6) is 5.75 Å². The van der Waals surface area contributed by atoms with E-state index in [2.05, 4.69) is 14.6 Å². The van der Waals surface area contributed by atoms with Gasteiger partial charge in [-0.05, 0) is 31.9 Å². The molecule has 0 aliphatic heterocycles. The zero-order valence-corrected chi connectivity index (χ0v) is 22.6. The van der Waals surface area contributed by atoms with Gasteiger partial charge >= 0.3 is 11.7 Å². The van der Waals surface area contributed by atoms with Crippen LogP contribution in [0.1, 0.15) is 31.9 Å². The van der Waals surface area contributed by atoms with E-state index >= 15 is 0 Å². The highest BCUT2D eigenvalue weighted by molar-refractivity contribution is 7.89. The summed E-state index contributed by atoms with van der Waals surface area (Å²) >= 11 is 12.6. The number of carbonyl (C=O) groups excluding carboxylic acids is 1. The summed E-state index contributed by atoms with van der Waals surface area (Å²) < 4.78 is 70.5. The number of benzene rings is 1. The summed E-state index contributed by atoms with van der Waals surface area (Å²) in [6, 6.07) is 1.79. The number of carbonyl (C=O) groups is 1. The van der Waals surface area contributed by atoms with E-state index in [1.54, 1.807) is 11.9 Å². The SMILES string of the molecule is COC(=O)[C@H]1C[C@H](NS(=O)(=O)C[C@@H](Oc2c(Cl)cc(-n3nc(C(F)F)c(=O)[nH]c3=O)cc2Cl)C(C)OC)C1. The molecule has 38 heavy (non-hydrogen) atoms. The predicted octanol–water partition coefficient (Wildman–Crippen LogP) is 1.82. The number of nitrogens with one attached hydrogen (secondary N) is 2. The Morgan fingerprint density at radius 2 is 1.84 bits per heavy atom. The lowest BCUT2D eigenvalue weighted by Gasteiger charge is -2.34. The molecule has 2 atom stereocenters. The minimum atomic E-state index is -3.92. The standard InChI is InChI=1S/C21H24Cl2F2N4O8S/c1-9(35-2)15(8-38(33,34)28-11-4-10(5-11)20(31)36-3)37-17-13(22)6-12(7-14(17)23)29-21(32)26-19(30)16(27-29)18(24)25/h6-7,9-11,15,18,28H,4-5,8H2,1-3H3,(H,26,30,32)/t9?,10-,11-,15-/m1/s1. The van der Waals surface area contributed by atoms with Crippen LogP contribution in [0.15, 0.2) is 21.7 Å². The summed E-state index contributed by atoms with van der Waals surface area (Å²) in [6.07, 6.45) is -4.55. The average Bonchev–Trinajstić information content (AvgIpc) is 2.81. The first-order valence-electron chi connectivity index (χ1n) is 11.0. The molecule has 0 bridgehead atoms. The molecule has 0 amide bonds. The van der Waals surface area contributed by atoms with E-state index in [0.29, 0.717) is 17.5 Å². The molecule has 1 unspecified atom stereocenters. The number of H-pyrrole nitrogens is 1. The van der Waals surface area contributed by atoms with Gasteiger partial charge in [-0.3, -0.25) is 14.6 Å². The summed E-state index contributed by atoms with van der Waals surface area (Å²) in [7, 11) is -1.33. The maximum absolute atomic E-state index is 13.1. The van der Waals surface area contributed by atoms with Gasteiger partial charge in [0.25, 0.3) is 12.0 Å². The summed E-state index contributed by atoms with van der Waals surface area (Å²) in [5, 5.41) is 2.97. The molecule has 0 saturated heterocycles. The van der Waals surface area contributed by atoms with E-state index in [1.807, 2.05) is 0 Å². The maximum atomic E-state index is 13.1. The molecule has 210 valence electrons. The van der Waals surface area contributed by atoms with Gasteiger partial charge < -0.3 is 14.2 Å². The molecule has 0 radical (unpaired) electrons. The highest BCUT2D eigenvalue weighted by Crippen LogP contribution is 2.36. The van der Waals surface area contributed by atoms with Crippen molar-refractivity contribution in [2.24, 2.45) is 5.92 Å². The fraction of sp³-hybridized carbons (Fsp3) is 0.524. The van der Waals surface area contributed by atoms with Gasteiger partial charge in [-0.2, -0.15) is 9.78 Å². The molecule has 0 spiro atoms. The van der Waals surface area contributed by atoms with Crippen LogP contribution < -0.4 is 20.7 Å². The quantitative estimate of drug-likeness (QED) is 0.367. The highest BCUT2D eigenvalue weighted by atomic mass is 35.5. The van der Waals surface area contributed by atoms with E-state index in [0.717, 1.165) is 12.1 Å². The van der Waals surface area contributed by atoms with Crippen LogP contribution in [-0.4, -0.2) is 67.4 Å². The van der Waals surface area contributed by atoms with Crippen LogP contribution in [0.3, 0.4) is 0 Å². The Balaban J connectivity index is 1.83. The van der Waals surface area contributed by atoms with E-state index in [4.69, 9.17) is 32.7 Å². The third-order valence-corrected chi connectivity index (χ3v) is 7.88. The minimum Gasteiger partial charge on any atom is -0.483 e. The van der Waals surface area contributed by atoms with Crippen LogP contribution in [0.2, 0.25) is 10.0 Å². The molecule has 3 rings (SSSR count). The van der Waals surface area contributed by atoms with Crippen LogP contribution in [-0.2, 0) is 24.3 Å². The molecule has 2 aromatic rings. The number of rotatable bonds is 11. The molecule has 12 nitrogen and oxygen atoms in total. The van der Waals surface area contributed by atoms with E-state index in [9.17, 15) is 31.6 Å². The molecule has 2 N–H and O–H groups in total. The Morgan fingerprint density at radius 3 is 2.37 bits per heavy atom. The number of hydrogen-bond donors (Lipinski definition) is 2. The van der Waals surface area contributed by atoms with Crippen molar-refractivity contribution in [1.82, 2.24) is 19.5 Å². The van der Waals surface area contributed by atoms with Gasteiger partial charge in [-0.1, -0.05) is 23.2 Å². The first-order valence-corrected chi connectivity index (χ1v) is 13.5. The molecular formula is C21H24Cl2F2N4O8S. The molecule has 17 heteroatoms. The Morgan fingerprint density at radius 1 is 1.24 bits per heavy atom. The second-order valence-electron chi connectivity index (χ2n) is 8.48. The van der Waals surface area contributed by atoms with Gasteiger partial charge in [0.05, 0.1) is 34.9 Å². The summed E-state index contributed by atoms with van der Waals surface area (Å²) in [5.41, 5.74) is -3.81. The normalized spacial score (nSPS) is 19.1. The van der Waals surface area contributed by atoms with Crippen LogP contribution in [0.4, 0.5) is 8.78 Å². The number of aromatic amines is 1. The fourth-order valence-electron chi connectivity index (χ4n) is 3.67. The molecule has 1 saturated carbocycles. The number of methoxy groups -OCH3 is 2. The van der Waals surface area contributed by atoms with Gasteiger partial charge in [0.2, 0.25) is 10.0 Å². The smallest absolute Gasteiger partial charge is 0.349 e. The van der Waals surface area contributed by atoms with Gasteiger partial charge in [0.15, 0.2) is 11.4 Å². The number of nitrogens with zero attached hydrogens (tertiary/aromatic N) is 2. The van der Waals surface area contributed by atoms with Gasteiger partial charge in [-0.25, -0.2) is 26.7 Å². The van der Waals surface area contributed by atoms with Gasteiger partial charge in [0.1, 0.15) is 11.9 Å². The summed E-state index contributed by atoms with van der Waals surface area (Å²) in [4.78, 5) is 37.0. The number of alkyl halides is 2. The van der Waals surface area contributed by atoms with Crippen molar-refractivity contribution >= 4 is 39.2 Å². The second-order valence-corrected chi connectivity index (χ2v) is 11.1. The number of ether oxygens (including phenoxy) is 3. The van der Waals surface area contributed by atoms with Crippen molar-refractivity contribution in [1.29, 1.82) is 0 Å². The average molecular weight is 601 g/mol. The fourth-order valence-corrected chi connectivity index (χ4v) is 5.80. The lowest BCUT2D eigenvalue weighted by molar-refractivity contribution is -0.148. The number of hydrogen-bond acceptors (Lipinski definition) is 9. The third-order valence-electron chi connectivity index (χ3n) is 5.85. The van der Waals surface area contributed by atoms with Gasteiger partial charge in [0, 0.05) is 13.2 Å². The molecule has 1 aliphatic carbocycles. The second kappa shape index (κ2) is 12.1. The molecular weight excluding hydrogens is 577 g/mol. The van der Waals surface area contributed by atoms with Gasteiger partial charge in [-0.15, -0.1) is 0 Å². The van der Waals surface area contributed by atoms with Crippen molar-refractivity contribution in [3.8, 4) is 11.4 Å². The molecule has 1 aromatic carbocycles. The Kier molecular flexibility index (Phi) is 9.52. The van der Waals surface area contributed by atoms with E-state index in [-0.39, 0.29) is 27.4 Å². The predicted molar refractivity (Wildman–Crippen MR) is 132 cm³/mol. The lowest BCUT2D eigenvalue weighted by atomic mass is 9.81. The summed E-state index contributed by atoms with van der Waals surface area (Å²) in [5.74, 6) is -1.52. The summed E-state index contributed by atoms with van der Waals surface area (Å²) in [6.45, 7) is 1.56. The number of esters is 1. The first-order chi connectivity index (χ1) is 17.8. The minimum absolute atomic E-state index is 0.161. The zero-order valence-electron chi connectivity index (χ0n) is 20.2. The van der Waals surface area contributed by atoms with Crippen molar-refractivity contribution in [3.05, 3.63) is 48.7 Å². The lowest BCUT2D eigenvalue weighted by Crippen LogP contribution is -2.50. The topological polar surface area (TPSA) is 159 Å². The molecule has 1 fully saturated rings. The highest BCUT2D eigenvalue weighted by Gasteiger charge is 2.38. The Hall–Kier alpha value is -2.59. The number of halogens is 4. The van der Waals surface area contributed by atoms with Crippen molar-refractivity contribution in [2.45, 2.75) is 44.4 Å². The number of aromatic nitrogens is 3. The third kappa shape index (κ3) is 6.88. The van der Waals surface area contributed by atoms with Crippen LogP contribution in [0.25, 0.3) is 5.69 Å². The van der Waals surface area contributed by atoms with E-state index in [1.165, 1.54) is 14.2 Å². The van der Waals surface area contributed by atoms with Crippen molar-refractivity contribution in [3.63, 3.8) is 0 Å². The number of sulfonamides is 1.